The molecule has 0 amide bonds. The van der Waals surface area contributed by atoms with Gasteiger partial charge in [0.1, 0.15) is 5.78 Å². The number of anilines is 1. The zero-order chi connectivity index (χ0) is 21.6. The zero-order valence-corrected chi connectivity index (χ0v) is 19.1. The van der Waals surface area contributed by atoms with Crippen LogP contribution in [0.25, 0.3) is 0 Å². The van der Waals surface area contributed by atoms with Crippen LogP contribution in [0.2, 0.25) is 0 Å². The number of carbonyl (C=O) groups is 1. The van der Waals surface area contributed by atoms with Crippen molar-refractivity contribution in [3.8, 4) is 5.75 Å². The fraction of sp³-hybridized carbons (Fsp3) is 0.760. The third-order valence-corrected chi connectivity index (χ3v) is 7.53. The number of carbonyl (C=O) groups excluding carboxylic acids is 1. The van der Waals surface area contributed by atoms with Crippen molar-refractivity contribution >= 4 is 11.6 Å². The number of hydrogen-bond acceptors (Lipinski definition) is 6. The molecule has 4 rings (SSSR count). The average Bonchev–Trinajstić information content (AvgIpc) is 3.28. The van der Waals surface area contributed by atoms with E-state index in [0.717, 1.165) is 56.7 Å². The van der Waals surface area contributed by atoms with E-state index in [9.17, 15) is 9.90 Å². The van der Waals surface area contributed by atoms with E-state index >= 15 is 0 Å². The van der Waals surface area contributed by atoms with Gasteiger partial charge in [-0.05, 0) is 50.1 Å². The van der Waals surface area contributed by atoms with Gasteiger partial charge in [-0.1, -0.05) is 19.8 Å². The van der Waals surface area contributed by atoms with Gasteiger partial charge in [0.2, 0.25) is 0 Å². The molecule has 1 aromatic heterocycles. The molecule has 0 unspecified atom stereocenters. The summed E-state index contributed by atoms with van der Waals surface area (Å²) in [5.41, 5.74) is 1.30. The van der Waals surface area contributed by atoms with E-state index < -0.39 is 6.10 Å². The summed E-state index contributed by atoms with van der Waals surface area (Å²) in [6.45, 7) is 8.12. The maximum Gasteiger partial charge on any atom is 0.171 e. The van der Waals surface area contributed by atoms with Gasteiger partial charge < -0.3 is 14.7 Å². The number of Topliss-reactive ketones (excluding diaryl/α,β-unsaturated/α-hetero) is 1. The lowest BCUT2D eigenvalue weighted by Crippen LogP contribution is -2.47. The van der Waals surface area contributed by atoms with Crippen molar-refractivity contribution in [2.75, 3.05) is 44.2 Å². The molecule has 6 heteroatoms. The molecule has 3 heterocycles. The van der Waals surface area contributed by atoms with E-state index in [1.165, 1.54) is 44.2 Å². The van der Waals surface area contributed by atoms with E-state index in [2.05, 4.69) is 20.9 Å². The van der Waals surface area contributed by atoms with Crippen molar-refractivity contribution in [1.29, 1.82) is 0 Å². The first-order chi connectivity index (χ1) is 15.1. The minimum atomic E-state index is -0.449. The van der Waals surface area contributed by atoms with Crippen molar-refractivity contribution in [2.24, 2.45) is 11.8 Å². The standard InChI is InChI=1S/C25H39N3O3/c1-2-22(29)18-23(30)17-20-5-3-19(4-6-20)8-11-27-12-14-28(15-13-27)25-24-21(7-10-26-25)9-16-31-24/h7,10,19-20,22,29H,2-6,8-9,11-18H2,1H3/t19?,20?,22-/m0/s1. The number of fused-ring (bicyclic) bond motifs is 1. The molecule has 0 radical (unpaired) electrons. The summed E-state index contributed by atoms with van der Waals surface area (Å²) in [6.07, 6.45) is 10.3. The number of aliphatic hydroxyl groups is 1. The zero-order valence-electron chi connectivity index (χ0n) is 19.1. The lowest BCUT2D eigenvalue weighted by atomic mass is 9.78. The van der Waals surface area contributed by atoms with Gasteiger partial charge in [0.05, 0.1) is 12.7 Å². The molecule has 6 nitrogen and oxygen atoms in total. The second-order valence-corrected chi connectivity index (χ2v) is 9.73. The highest BCUT2D eigenvalue weighted by atomic mass is 16.5. The van der Waals surface area contributed by atoms with E-state index in [-0.39, 0.29) is 5.78 Å². The number of hydrogen-bond donors (Lipinski definition) is 1. The van der Waals surface area contributed by atoms with Gasteiger partial charge in [0.25, 0.3) is 0 Å². The van der Waals surface area contributed by atoms with Gasteiger partial charge in [-0.3, -0.25) is 9.69 Å². The highest BCUT2D eigenvalue weighted by Gasteiger charge is 2.27. The van der Waals surface area contributed by atoms with E-state index in [1.54, 1.807) is 0 Å². The maximum atomic E-state index is 12.1. The normalized spacial score (nSPS) is 25.2. The molecule has 1 saturated heterocycles. The highest BCUT2D eigenvalue weighted by Crippen LogP contribution is 2.35. The smallest absolute Gasteiger partial charge is 0.171 e. The van der Waals surface area contributed by atoms with Crippen LogP contribution >= 0.6 is 0 Å². The number of pyridine rings is 1. The topological polar surface area (TPSA) is 65.9 Å². The molecular weight excluding hydrogens is 390 g/mol. The predicted molar refractivity (Wildman–Crippen MR) is 123 cm³/mol. The number of rotatable bonds is 9. The second kappa shape index (κ2) is 10.8. The van der Waals surface area contributed by atoms with Crippen LogP contribution in [0.1, 0.15) is 63.9 Å². The Bertz CT molecular complexity index is 725. The van der Waals surface area contributed by atoms with Crippen molar-refractivity contribution in [3.63, 3.8) is 0 Å². The van der Waals surface area contributed by atoms with Crippen molar-refractivity contribution < 1.29 is 14.6 Å². The minimum absolute atomic E-state index is 0.250. The van der Waals surface area contributed by atoms with Crippen LogP contribution in [-0.2, 0) is 11.2 Å². The summed E-state index contributed by atoms with van der Waals surface area (Å²) in [5.74, 6) is 3.64. The van der Waals surface area contributed by atoms with Crippen LogP contribution in [0, 0.1) is 11.8 Å². The molecule has 2 aliphatic heterocycles. The Morgan fingerprint density at radius 3 is 2.68 bits per heavy atom. The quantitative estimate of drug-likeness (QED) is 0.649. The second-order valence-electron chi connectivity index (χ2n) is 9.73. The lowest BCUT2D eigenvalue weighted by molar-refractivity contribution is -0.122. The van der Waals surface area contributed by atoms with Crippen molar-refractivity contribution in [3.05, 3.63) is 17.8 Å². The Labute approximate surface area is 187 Å². The molecule has 1 saturated carbocycles. The molecule has 172 valence electrons. The fourth-order valence-corrected chi connectivity index (χ4v) is 5.40. The number of aliphatic hydroxyl groups excluding tert-OH is 1. The van der Waals surface area contributed by atoms with Crippen LogP contribution in [-0.4, -0.2) is 66.2 Å². The Kier molecular flexibility index (Phi) is 7.83. The molecule has 1 aliphatic carbocycles. The van der Waals surface area contributed by atoms with Crippen LogP contribution in [0.15, 0.2) is 12.3 Å². The lowest BCUT2D eigenvalue weighted by Gasteiger charge is -2.37. The third kappa shape index (κ3) is 5.98. The van der Waals surface area contributed by atoms with Gasteiger partial charge in [-0.25, -0.2) is 4.98 Å². The number of aromatic nitrogens is 1. The largest absolute Gasteiger partial charge is 0.489 e. The van der Waals surface area contributed by atoms with Crippen LogP contribution in [0.5, 0.6) is 5.75 Å². The predicted octanol–water partition coefficient (Wildman–Crippen LogP) is 3.46. The maximum absolute atomic E-state index is 12.1. The Hall–Kier alpha value is -1.66. The molecule has 1 aromatic rings. The van der Waals surface area contributed by atoms with Gasteiger partial charge in [0.15, 0.2) is 11.6 Å². The molecular formula is C25H39N3O3. The summed E-state index contributed by atoms with van der Waals surface area (Å²) < 4.78 is 5.84. The van der Waals surface area contributed by atoms with Crippen molar-refractivity contribution in [2.45, 2.75) is 70.8 Å². The van der Waals surface area contributed by atoms with E-state index in [1.807, 2.05) is 13.1 Å². The Morgan fingerprint density at radius 2 is 1.94 bits per heavy atom. The number of ether oxygens (including phenoxy) is 1. The van der Waals surface area contributed by atoms with E-state index in [4.69, 9.17) is 4.74 Å². The van der Waals surface area contributed by atoms with Crippen LogP contribution < -0.4 is 9.64 Å². The van der Waals surface area contributed by atoms with Gasteiger partial charge in [-0.2, -0.15) is 0 Å². The first-order valence-corrected chi connectivity index (χ1v) is 12.4. The Balaban J connectivity index is 1.14. The average molecular weight is 430 g/mol. The number of ketones is 1. The minimum Gasteiger partial charge on any atom is -0.489 e. The molecule has 2 fully saturated rings. The monoisotopic (exact) mass is 429 g/mol. The summed E-state index contributed by atoms with van der Waals surface area (Å²) in [7, 11) is 0. The molecule has 3 aliphatic rings. The molecule has 0 aromatic carbocycles. The summed E-state index contributed by atoms with van der Waals surface area (Å²) in [4.78, 5) is 21.7. The summed E-state index contributed by atoms with van der Waals surface area (Å²) >= 11 is 0. The van der Waals surface area contributed by atoms with Gasteiger partial charge in [-0.15, -0.1) is 0 Å². The number of nitrogens with zero attached hydrogens (tertiary/aromatic N) is 3. The first kappa shape index (κ1) is 22.5. The SMILES string of the molecule is CC[C@H](O)CC(=O)CC1CCC(CCN2CCN(c3nccc4c3OCC4)CC2)CC1. The van der Waals surface area contributed by atoms with Gasteiger partial charge >= 0.3 is 0 Å². The first-order valence-electron chi connectivity index (χ1n) is 12.4. The van der Waals surface area contributed by atoms with Crippen LogP contribution in [0.3, 0.4) is 0 Å². The molecule has 0 spiro atoms. The molecule has 1 atom stereocenters. The molecule has 0 bridgehead atoms. The van der Waals surface area contributed by atoms with Gasteiger partial charge in [0, 0.05) is 57.2 Å². The molecule has 31 heavy (non-hydrogen) atoms. The highest BCUT2D eigenvalue weighted by molar-refractivity contribution is 5.79. The Morgan fingerprint density at radius 1 is 1.19 bits per heavy atom. The third-order valence-electron chi connectivity index (χ3n) is 7.53. The number of piperazine rings is 1. The van der Waals surface area contributed by atoms with Crippen molar-refractivity contribution in [1.82, 2.24) is 9.88 Å². The molecule has 1 N–H and O–H groups in total. The fourth-order valence-electron chi connectivity index (χ4n) is 5.40. The summed E-state index contributed by atoms with van der Waals surface area (Å²) in [5, 5.41) is 9.68. The summed E-state index contributed by atoms with van der Waals surface area (Å²) in [6, 6.07) is 2.08. The van der Waals surface area contributed by atoms with Crippen LogP contribution in [0.4, 0.5) is 5.82 Å². The van der Waals surface area contributed by atoms with E-state index in [0.29, 0.717) is 25.2 Å².